The van der Waals surface area contributed by atoms with Crippen molar-refractivity contribution < 1.29 is 9.63 Å². The van der Waals surface area contributed by atoms with Crippen molar-refractivity contribution >= 4 is 39.3 Å². The number of para-hydroxylation sites is 1. The van der Waals surface area contributed by atoms with E-state index in [9.17, 15) is 4.79 Å². The van der Waals surface area contributed by atoms with Gasteiger partial charge in [0.25, 0.3) is 5.91 Å². The highest BCUT2D eigenvalue weighted by molar-refractivity contribution is 6.00. The second kappa shape index (κ2) is 7.41. The fourth-order valence-corrected chi connectivity index (χ4v) is 3.41. The van der Waals surface area contributed by atoms with E-state index in [1.807, 2.05) is 54.7 Å². The standard InChI is InChI=1S/C21H18N8O2/c1-2-28-11-10-13-15(7-5-9-17(13)28)24-20-14(19(22)30)12-23-21(25-20)31-29-18-8-4-3-6-16(18)26-27-29/h3-12H,2H2,1H3,(H2,22,30)(H,23,24,25). The van der Waals surface area contributed by atoms with E-state index in [4.69, 9.17) is 10.6 Å². The quantitative estimate of drug-likeness (QED) is 0.437. The number of fused-ring (bicyclic) bond motifs is 2. The van der Waals surface area contributed by atoms with Gasteiger partial charge < -0.3 is 20.5 Å². The summed E-state index contributed by atoms with van der Waals surface area (Å²) in [5.74, 6) is -0.419. The molecule has 0 spiro atoms. The Labute approximate surface area is 176 Å². The number of aryl methyl sites for hydroxylation is 1. The van der Waals surface area contributed by atoms with Crippen LogP contribution < -0.4 is 15.9 Å². The summed E-state index contributed by atoms with van der Waals surface area (Å²) in [6.07, 6.45) is 3.33. The van der Waals surface area contributed by atoms with Crippen LogP contribution in [0.3, 0.4) is 0 Å². The largest absolute Gasteiger partial charge is 0.365 e. The summed E-state index contributed by atoms with van der Waals surface area (Å²) in [4.78, 5) is 27.3. The number of nitrogens with zero attached hydrogens (tertiary/aromatic N) is 6. The molecule has 3 heterocycles. The molecule has 0 saturated heterocycles. The first kappa shape index (κ1) is 18.6. The molecule has 0 aliphatic rings. The molecule has 0 aliphatic heterocycles. The fourth-order valence-electron chi connectivity index (χ4n) is 3.41. The number of rotatable bonds is 6. The van der Waals surface area contributed by atoms with Crippen LogP contribution in [0.25, 0.3) is 21.9 Å². The van der Waals surface area contributed by atoms with Gasteiger partial charge in [0.1, 0.15) is 16.6 Å². The van der Waals surface area contributed by atoms with E-state index < -0.39 is 5.91 Å². The number of benzene rings is 2. The zero-order valence-corrected chi connectivity index (χ0v) is 16.6. The Morgan fingerprint density at radius 2 is 1.97 bits per heavy atom. The van der Waals surface area contributed by atoms with Crippen molar-refractivity contribution in [2.45, 2.75) is 13.5 Å². The van der Waals surface area contributed by atoms with Crippen LogP contribution in [0.2, 0.25) is 0 Å². The monoisotopic (exact) mass is 414 g/mol. The van der Waals surface area contributed by atoms with Crippen LogP contribution in [0.15, 0.2) is 60.9 Å². The summed E-state index contributed by atoms with van der Waals surface area (Å²) >= 11 is 0. The highest BCUT2D eigenvalue weighted by Gasteiger charge is 2.16. The number of nitrogens with one attached hydrogen (secondary N) is 1. The van der Waals surface area contributed by atoms with E-state index in [2.05, 4.69) is 37.1 Å². The molecule has 5 rings (SSSR count). The van der Waals surface area contributed by atoms with Gasteiger partial charge in [-0.1, -0.05) is 23.0 Å². The molecule has 31 heavy (non-hydrogen) atoms. The lowest BCUT2D eigenvalue weighted by Crippen LogP contribution is -2.17. The third-order valence-corrected chi connectivity index (χ3v) is 4.93. The first-order valence-electron chi connectivity index (χ1n) is 9.64. The summed E-state index contributed by atoms with van der Waals surface area (Å²) in [6, 6.07) is 15.2. The van der Waals surface area contributed by atoms with E-state index >= 15 is 0 Å². The van der Waals surface area contributed by atoms with Gasteiger partial charge in [0.2, 0.25) is 0 Å². The van der Waals surface area contributed by atoms with Gasteiger partial charge in [0.05, 0.1) is 5.52 Å². The maximum Gasteiger partial charge on any atom is 0.347 e. The van der Waals surface area contributed by atoms with Crippen molar-refractivity contribution in [3.63, 3.8) is 0 Å². The van der Waals surface area contributed by atoms with Crippen LogP contribution in [0.1, 0.15) is 17.3 Å². The summed E-state index contributed by atoms with van der Waals surface area (Å²) < 4.78 is 2.12. The number of aromatic nitrogens is 6. The van der Waals surface area contributed by atoms with Gasteiger partial charge in [-0.3, -0.25) is 4.79 Å². The minimum Gasteiger partial charge on any atom is -0.365 e. The van der Waals surface area contributed by atoms with Crippen LogP contribution in [0.4, 0.5) is 11.5 Å². The van der Waals surface area contributed by atoms with E-state index in [1.165, 1.54) is 11.0 Å². The highest BCUT2D eigenvalue weighted by atomic mass is 16.7. The van der Waals surface area contributed by atoms with E-state index in [-0.39, 0.29) is 17.4 Å². The number of hydrogen-bond donors (Lipinski definition) is 2. The fraction of sp³-hybridized carbons (Fsp3) is 0.0952. The molecule has 0 unspecified atom stereocenters. The Balaban J connectivity index is 1.53. The molecule has 1 amide bonds. The van der Waals surface area contributed by atoms with Gasteiger partial charge in [-0.2, -0.15) is 4.98 Å². The third-order valence-electron chi connectivity index (χ3n) is 4.93. The molecule has 10 heteroatoms. The second-order valence-electron chi connectivity index (χ2n) is 6.79. The van der Waals surface area contributed by atoms with Gasteiger partial charge in [0, 0.05) is 30.0 Å². The highest BCUT2D eigenvalue weighted by Crippen LogP contribution is 2.28. The van der Waals surface area contributed by atoms with E-state index in [0.29, 0.717) is 11.0 Å². The minimum atomic E-state index is -0.654. The van der Waals surface area contributed by atoms with Crippen LogP contribution in [0.5, 0.6) is 6.01 Å². The number of carbonyl (C=O) groups is 1. The van der Waals surface area contributed by atoms with E-state index in [0.717, 1.165) is 23.1 Å². The van der Waals surface area contributed by atoms with Crippen LogP contribution >= 0.6 is 0 Å². The number of amides is 1. The summed E-state index contributed by atoms with van der Waals surface area (Å²) in [5.41, 5.74) is 8.85. The number of carbonyl (C=O) groups excluding carboxylic acids is 1. The average Bonchev–Trinajstić information content (AvgIpc) is 3.38. The smallest absolute Gasteiger partial charge is 0.347 e. The molecule has 10 nitrogen and oxygen atoms in total. The lowest BCUT2D eigenvalue weighted by molar-refractivity contribution is 0.1000. The molecule has 0 aliphatic carbocycles. The normalized spacial score (nSPS) is 11.1. The van der Waals surface area contributed by atoms with Gasteiger partial charge >= 0.3 is 6.01 Å². The van der Waals surface area contributed by atoms with Crippen molar-refractivity contribution in [2.75, 3.05) is 5.32 Å². The topological polar surface area (TPSA) is 126 Å². The molecule has 0 radical (unpaired) electrons. The SMILES string of the molecule is CCn1ccc2c(Nc3nc(On4nnc5ccccc54)ncc3C(N)=O)cccc21. The number of anilines is 2. The molecule has 154 valence electrons. The predicted octanol–water partition coefficient (Wildman–Crippen LogP) is 2.88. The Hall–Kier alpha value is -4.47. The number of hydrogen-bond acceptors (Lipinski definition) is 7. The first-order valence-corrected chi connectivity index (χ1v) is 9.64. The van der Waals surface area contributed by atoms with Gasteiger partial charge in [-0.15, -0.1) is 5.10 Å². The molecule has 0 atom stereocenters. The maximum absolute atomic E-state index is 12.0. The predicted molar refractivity (Wildman–Crippen MR) is 115 cm³/mol. The van der Waals surface area contributed by atoms with Crippen molar-refractivity contribution in [3.05, 3.63) is 66.5 Å². The lowest BCUT2D eigenvalue weighted by Gasteiger charge is -2.12. The lowest BCUT2D eigenvalue weighted by atomic mass is 10.2. The molecule has 0 fully saturated rings. The van der Waals surface area contributed by atoms with Crippen LogP contribution in [0, 0.1) is 0 Å². The molecule has 2 aromatic carbocycles. The van der Waals surface area contributed by atoms with Crippen molar-refractivity contribution in [1.29, 1.82) is 0 Å². The zero-order chi connectivity index (χ0) is 21.4. The van der Waals surface area contributed by atoms with Crippen LogP contribution in [-0.2, 0) is 6.54 Å². The van der Waals surface area contributed by atoms with Gasteiger partial charge in [-0.25, -0.2) is 4.98 Å². The molecule has 0 saturated carbocycles. The summed E-state index contributed by atoms with van der Waals surface area (Å²) in [7, 11) is 0. The minimum absolute atomic E-state index is 0.0125. The second-order valence-corrected chi connectivity index (χ2v) is 6.79. The maximum atomic E-state index is 12.0. The first-order chi connectivity index (χ1) is 15.1. The molecular weight excluding hydrogens is 396 g/mol. The third kappa shape index (κ3) is 3.29. The van der Waals surface area contributed by atoms with Crippen LogP contribution in [-0.4, -0.2) is 35.6 Å². The Kier molecular flexibility index (Phi) is 4.43. The molecule has 5 aromatic rings. The summed E-state index contributed by atoms with van der Waals surface area (Å²) in [6.45, 7) is 2.92. The Morgan fingerprint density at radius 3 is 2.81 bits per heavy atom. The van der Waals surface area contributed by atoms with Crippen molar-refractivity contribution in [1.82, 2.24) is 29.7 Å². The number of primary amides is 1. The Bertz CT molecular complexity index is 1420. The van der Waals surface area contributed by atoms with Gasteiger partial charge in [-0.05, 0) is 42.5 Å². The summed E-state index contributed by atoms with van der Waals surface area (Å²) in [5, 5.41) is 12.2. The van der Waals surface area contributed by atoms with Crippen molar-refractivity contribution in [2.24, 2.45) is 5.73 Å². The molecule has 3 aromatic heterocycles. The van der Waals surface area contributed by atoms with Crippen molar-refractivity contribution in [3.8, 4) is 6.01 Å². The average molecular weight is 414 g/mol. The Morgan fingerprint density at radius 1 is 1.13 bits per heavy atom. The molecule has 0 bridgehead atoms. The van der Waals surface area contributed by atoms with E-state index in [1.54, 1.807) is 0 Å². The molecular formula is C21H18N8O2. The van der Waals surface area contributed by atoms with Gasteiger partial charge in [0.15, 0.2) is 5.82 Å². The zero-order valence-electron chi connectivity index (χ0n) is 16.6. The molecule has 3 N–H and O–H groups in total. The number of nitrogens with two attached hydrogens (primary N) is 1.